The number of ether oxygens (including phenoxy) is 1. The van der Waals surface area contributed by atoms with Gasteiger partial charge in [0.25, 0.3) is 0 Å². The second kappa shape index (κ2) is 6.25. The summed E-state index contributed by atoms with van der Waals surface area (Å²) in [6.07, 6.45) is 9.17. The maximum absolute atomic E-state index is 13.3. The molecule has 120 valence electrons. The zero-order valence-electron chi connectivity index (χ0n) is 13.4. The van der Waals surface area contributed by atoms with Crippen LogP contribution in [0.5, 0.6) is 0 Å². The molecule has 3 rings (SSSR count). The Labute approximate surface area is 128 Å². The normalized spacial score (nSPS) is 40.7. The first kappa shape index (κ1) is 15.3. The molecule has 0 aromatic carbocycles. The van der Waals surface area contributed by atoms with Gasteiger partial charge in [-0.15, -0.1) is 0 Å². The van der Waals surface area contributed by atoms with Crippen LogP contribution in [0.2, 0.25) is 0 Å². The van der Waals surface area contributed by atoms with E-state index in [-0.39, 0.29) is 11.5 Å². The smallest absolute Gasteiger partial charge is 0.230 e. The SMILES string of the molecule is CC1CCC(CN)(C(=O)N2CCOC3CCCCC32)CC1. The lowest BCUT2D eigenvalue weighted by Gasteiger charge is -2.48. The van der Waals surface area contributed by atoms with Gasteiger partial charge in [-0.25, -0.2) is 0 Å². The van der Waals surface area contributed by atoms with Crippen LogP contribution in [0.15, 0.2) is 0 Å². The largest absolute Gasteiger partial charge is 0.374 e. The highest BCUT2D eigenvalue weighted by molar-refractivity contribution is 5.83. The molecule has 4 heteroatoms. The molecule has 1 heterocycles. The molecule has 2 N–H and O–H groups in total. The number of carbonyl (C=O) groups excluding carboxylic acids is 1. The van der Waals surface area contributed by atoms with E-state index in [4.69, 9.17) is 10.5 Å². The number of hydrogen-bond donors (Lipinski definition) is 1. The maximum atomic E-state index is 13.3. The van der Waals surface area contributed by atoms with Crippen LogP contribution < -0.4 is 5.73 Å². The molecule has 3 aliphatic rings. The van der Waals surface area contributed by atoms with E-state index in [2.05, 4.69) is 11.8 Å². The molecule has 2 aliphatic carbocycles. The minimum Gasteiger partial charge on any atom is -0.374 e. The molecular weight excluding hydrogens is 264 g/mol. The first-order valence-electron chi connectivity index (χ1n) is 8.79. The fourth-order valence-corrected chi connectivity index (χ4v) is 4.47. The Bertz CT molecular complexity index is 375. The number of rotatable bonds is 2. The number of morpholine rings is 1. The third-order valence-electron chi connectivity index (χ3n) is 6.07. The molecule has 1 saturated heterocycles. The van der Waals surface area contributed by atoms with Gasteiger partial charge in [0, 0.05) is 13.1 Å². The van der Waals surface area contributed by atoms with Gasteiger partial charge in [0.15, 0.2) is 0 Å². The van der Waals surface area contributed by atoms with Gasteiger partial charge in [-0.3, -0.25) is 4.79 Å². The Balaban J connectivity index is 1.75. The van der Waals surface area contributed by atoms with Crippen molar-refractivity contribution in [3.05, 3.63) is 0 Å². The van der Waals surface area contributed by atoms with Gasteiger partial charge in [-0.05, 0) is 44.4 Å². The molecule has 21 heavy (non-hydrogen) atoms. The summed E-state index contributed by atoms with van der Waals surface area (Å²) in [5.74, 6) is 1.07. The van der Waals surface area contributed by atoms with E-state index in [9.17, 15) is 4.79 Å². The van der Waals surface area contributed by atoms with Crippen LogP contribution in [0, 0.1) is 11.3 Å². The number of fused-ring (bicyclic) bond motifs is 1. The summed E-state index contributed by atoms with van der Waals surface area (Å²) in [7, 11) is 0. The Hall–Kier alpha value is -0.610. The molecule has 0 bridgehead atoms. The quantitative estimate of drug-likeness (QED) is 0.850. The summed E-state index contributed by atoms with van der Waals surface area (Å²) in [5.41, 5.74) is 5.79. The standard InChI is InChI=1S/C17H30N2O2/c1-13-6-8-17(12-18,9-7-13)16(20)19-10-11-21-15-5-3-2-4-14(15)19/h13-15H,2-12,18H2,1H3. The van der Waals surface area contributed by atoms with Gasteiger partial charge < -0.3 is 15.4 Å². The number of nitrogens with two attached hydrogens (primary N) is 1. The van der Waals surface area contributed by atoms with E-state index in [0.29, 0.717) is 25.1 Å². The van der Waals surface area contributed by atoms with E-state index in [1.807, 2.05) is 0 Å². The highest BCUT2D eigenvalue weighted by atomic mass is 16.5. The van der Waals surface area contributed by atoms with Crippen LogP contribution in [0.4, 0.5) is 0 Å². The first-order chi connectivity index (χ1) is 10.2. The summed E-state index contributed by atoms with van der Waals surface area (Å²) in [6, 6.07) is 0.308. The average molecular weight is 294 g/mol. The summed E-state index contributed by atoms with van der Waals surface area (Å²) in [5, 5.41) is 0. The molecule has 3 fully saturated rings. The van der Waals surface area contributed by atoms with E-state index < -0.39 is 0 Å². The van der Waals surface area contributed by atoms with Gasteiger partial charge in [0.2, 0.25) is 5.91 Å². The number of amides is 1. The summed E-state index contributed by atoms with van der Waals surface area (Å²) >= 11 is 0. The molecule has 2 unspecified atom stereocenters. The van der Waals surface area contributed by atoms with Crippen LogP contribution in [-0.4, -0.2) is 42.6 Å². The van der Waals surface area contributed by atoms with Gasteiger partial charge in [0.05, 0.1) is 24.2 Å². The highest BCUT2D eigenvalue weighted by Crippen LogP contribution is 2.41. The van der Waals surface area contributed by atoms with Crippen LogP contribution in [0.3, 0.4) is 0 Å². The van der Waals surface area contributed by atoms with Gasteiger partial charge in [-0.1, -0.05) is 19.8 Å². The first-order valence-corrected chi connectivity index (χ1v) is 8.79. The van der Waals surface area contributed by atoms with Crippen LogP contribution >= 0.6 is 0 Å². The lowest BCUT2D eigenvalue weighted by molar-refractivity contribution is -0.162. The molecule has 4 nitrogen and oxygen atoms in total. The van der Waals surface area contributed by atoms with Crippen molar-refractivity contribution in [1.82, 2.24) is 4.90 Å². The molecular formula is C17H30N2O2. The van der Waals surface area contributed by atoms with Crippen LogP contribution in [0.1, 0.15) is 58.3 Å². The van der Waals surface area contributed by atoms with Gasteiger partial charge >= 0.3 is 0 Å². The van der Waals surface area contributed by atoms with Crippen molar-refractivity contribution >= 4 is 5.91 Å². The maximum Gasteiger partial charge on any atom is 0.230 e. The van der Waals surface area contributed by atoms with E-state index >= 15 is 0 Å². The van der Waals surface area contributed by atoms with Crippen LogP contribution in [0.25, 0.3) is 0 Å². The van der Waals surface area contributed by atoms with Crippen molar-refractivity contribution in [2.75, 3.05) is 19.7 Å². The van der Waals surface area contributed by atoms with Crippen molar-refractivity contribution in [2.45, 2.75) is 70.4 Å². The average Bonchev–Trinajstić information content (AvgIpc) is 2.55. The monoisotopic (exact) mass is 294 g/mol. The van der Waals surface area contributed by atoms with Crippen molar-refractivity contribution in [1.29, 1.82) is 0 Å². The molecule has 1 aliphatic heterocycles. The van der Waals surface area contributed by atoms with Crippen molar-refractivity contribution in [3.63, 3.8) is 0 Å². The van der Waals surface area contributed by atoms with Crippen molar-refractivity contribution < 1.29 is 9.53 Å². The summed E-state index contributed by atoms with van der Waals surface area (Å²) < 4.78 is 5.91. The molecule has 0 aromatic heterocycles. The topological polar surface area (TPSA) is 55.6 Å². The zero-order valence-corrected chi connectivity index (χ0v) is 13.4. The Morgan fingerprint density at radius 1 is 1.24 bits per heavy atom. The number of carbonyl (C=O) groups is 1. The summed E-state index contributed by atoms with van der Waals surface area (Å²) in [6.45, 7) is 4.26. The number of hydrogen-bond acceptors (Lipinski definition) is 3. The molecule has 2 saturated carbocycles. The second-order valence-corrected chi connectivity index (χ2v) is 7.43. The van der Waals surface area contributed by atoms with E-state index in [0.717, 1.165) is 51.0 Å². The molecule has 1 amide bonds. The molecule has 0 aromatic rings. The van der Waals surface area contributed by atoms with Crippen LogP contribution in [-0.2, 0) is 9.53 Å². The fourth-order valence-electron chi connectivity index (χ4n) is 4.47. The molecule has 2 atom stereocenters. The lowest BCUT2D eigenvalue weighted by Crippen LogP contribution is -2.60. The highest BCUT2D eigenvalue weighted by Gasteiger charge is 2.46. The predicted octanol–water partition coefficient (Wildman–Crippen LogP) is 2.31. The summed E-state index contributed by atoms with van der Waals surface area (Å²) in [4.78, 5) is 15.4. The lowest BCUT2D eigenvalue weighted by atomic mass is 9.69. The van der Waals surface area contributed by atoms with Gasteiger partial charge in [-0.2, -0.15) is 0 Å². The minimum atomic E-state index is -0.286. The molecule has 0 radical (unpaired) electrons. The molecule has 0 spiro atoms. The van der Waals surface area contributed by atoms with Crippen molar-refractivity contribution in [3.8, 4) is 0 Å². The second-order valence-electron chi connectivity index (χ2n) is 7.43. The zero-order chi connectivity index (χ0) is 14.9. The minimum absolute atomic E-state index is 0.272. The van der Waals surface area contributed by atoms with E-state index in [1.165, 1.54) is 12.8 Å². The van der Waals surface area contributed by atoms with Gasteiger partial charge in [0.1, 0.15) is 0 Å². The fraction of sp³-hybridized carbons (Fsp3) is 0.941. The Morgan fingerprint density at radius 3 is 2.67 bits per heavy atom. The Morgan fingerprint density at radius 2 is 1.95 bits per heavy atom. The van der Waals surface area contributed by atoms with E-state index in [1.54, 1.807) is 0 Å². The number of nitrogens with zero attached hydrogens (tertiary/aromatic N) is 1. The third-order valence-corrected chi connectivity index (χ3v) is 6.07. The predicted molar refractivity (Wildman–Crippen MR) is 82.8 cm³/mol. The third kappa shape index (κ3) is 2.85. The Kier molecular flexibility index (Phi) is 4.55. The van der Waals surface area contributed by atoms with Crippen molar-refractivity contribution in [2.24, 2.45) is 17.1 Å².